The molecule has 2 rings (SSSR count). The number of aldehydes is 1. The van der Waals surface area contributed by atoms with Crippen LogP contribution in [-0.2, 0) is 20.9 Å². The number of ether oxygens (including phenoxy) is 2. The van der Waals surface area contributed by atoms with Crippen LogP contribution in [0.3, 0.4) is 0 Å². The summed E-state index contributed by atoms with van der Waals surface area (Å²) in [6, 6.07) is 3.42. The summed E-state index contributed by atoms with van der Waals surface area (Å²) < 4.78 is 10.00. The predicted octanol–water partition coefficient (Wildman–Crippen LogP) is 1.55. The van der Waals surface area contributed by atoms with Crippen LogP contribution in [0.25, 0.3) is 0 Å². The molecule has 0 aliphatic carbocycles. The van der Waals surface area contributed by atoms with Gasteiger partial charge in [0.25, 0.3) is 0 Å². The summed E-state index contributed by atoms with van der Waals surface area (Å²) in [7, 11) is 1.48. The lowest BCUT2D eigenvalue weighted by Gasteiger charge is -2.13. The third-order valence-electron chi connectivity index (χ3n) is 2.89. The molecule has 1 aromatic rings. The summed E-state index contributed by atoms with van der Waals surface area (Å²) in [4.78, 5) is 22.1. The van der Waals surface area contributed by atoms with Crippen molar-refractivity contribution < 1.29 is 19.1 Å². The number of cyclic esters (lactones) is 1. The second-order valence-corrected chi connectivity index (χ2v) is 3.67. The van der Waals surface area contributed by atoms with Crippen molar-refractivity contribution in [1.29, 1.82) is 0 Å². The van der Waals surface area contributed by atoms with E-state index < -0.39 is 6.10 Å². The van der Waals surface area contributed by atoms with Gasteiger partial charge in [-0.25, -0.2) is 4.79 Å². The van der Waals surface area contributed by atoms with Crippen molar-refractivity contribution in [3.8, 4) is 0 Å². The van der Waals surface area contributed by atoms with Crippen molar-refractivity contribution >= 4 is 12.3 Å². The monoisotopic (exact) mass is 220 g/mol. The molecule has 4 nitrogen and oxygen atoms in total. The van der Waals surface area contributed by atoms with Gasteiger partial charge in [-0.1, -0.05) is 6.07 Å². The zero-order valence-electron chi connectivity index (χ0n) is 9.15. The Morgan fingerprint density at radius 3 is 2.88 bits per heavy atom. The highest BCUT2D eigenvalue weighted by Gasteiger charge is 2.25. The van der Waals surface area contributed by atoms with E-state index in [4.69, 9.17) is 9.47 Å². The van der Waals surface area contributed by atoms with Crippen LogP contribution in [0.5, 0.6) is 0 Å². The van der Waals surface area contributed by atoms with E-state index in [0.29, 0.717) is 5.56 Å². The Kier molecular flexibility index (Phi) is 2.75. The third kappa shape index (κ3) is 1.51. The number of esters is 1. The molecule has 0 bridgehead atoms. The van der Waals surface area contributed by atoms with E-state index in [1.807, 2.05) is 6.92 Å². The van der Waals surface area contributed by atoms with E-state index in [-0.39, 0.29) is 12.6 Å². The molecule has 0 amide bonds. The van der Waals surface area contributed by atoms with Crippen LogP contribution < -0.4 is 0 Å². The van der Waals surface area contributed by atoms with Crippen LogP contribution in [0.2, 0.25) is 0 Å². The zero-order chi connectivity index (χ0) is 11.7. The molecule has 0 spiro atoms. The average molecular weight is 220 g/mol. The number of hydrogen-bond acceptors (Lipinski definition) is 4. The summed E-state index contributed by atoms with van der Waals surface area (Å²) in [5, 5.41) is 0. The maximum atomic E-state index is 11.3. The topological polar surface area (TPSA) is 52.6 Å². The van der Waals surface area contributed by atoms with Crippen molar-refractivity contribution in [3.63, 3.8) is 0 Å². The molecule has 16 heavy (non-hydrogen) atoms. The lowest BCUT2D eigenvalue weighted by atomic mass is 9.96. The maximum absolute atomic E-state index is 11.3. The number of hydrogen-bond donors (Lipinski definition) is 0. The fraction of sp³-hybridized carbons (Fsp3) is 0.333. The van der Waals surface area contributed by atoms with E-state index in [1.54, 1.807) is 12.1 Å². The highest BCUT2D eigenvalue weighted by atomic mass is 16.5. The van der Waals surface area contributed by atoms with Crippen molar-refractivity contribution in [2.24, 2.45) is 0 Å². The Labute approximate surface area is 93.2 Å². The van der Waals surface area contributed by atoms with Crippen molar-refractivity contribution in [2.45, 2.75) is 19.6 Å². The molecule has 0 radical (unpaired) electrons. The number of carbonyl (C=O) groups is 2. The number of benzene rings is 1. The Morgan fingerprint density at radius 1 is 1.50 bits per heavy atom. The predicted molar refractivity (Wildman–Crippen MR) is 56.1 cm³/mol. The largest absolute Gasteiger partial charge is 0.457 e. The summed E-state index contributed by atoms with van der Waals surface area (Å²) >= 11 is 0. The van der Waals surface area contributed by atoms with Gasteiger partial charge in [-0.2, -0.15) is 0 Å². The number of fused-ring (bicyclic) bond motifs is 1. The van der Waals surface area contributed by atoms with Crippen molar-refractivity contribution in [3.05, 3.63) is 34.4 Å². The number of methoxy groups -OCH3 is 1. The Morgan fingerprint density at radius 2 is 2.25 bits per heavy atom. The maximum Gasteiger partial charge on any atom is 0.338 e. The number of rotatable bonds is 3. The SMILES string of the molecule is CO[C@@H](C=O)c1ccc2c(c1C)COC2=O. The van der Waals surface area contributed by atoms with Gasteiger partial charge in [-0.05, 0) is 24.1 Å². The first-order chi connectivity index (χ1) is 7.69. The molecule has 0 saturated carbocycles. The Hall–Kier alpha value is -1.68. The van der Waals surface area contributed by atoms with Gasteiger partial charge in [0, 0.05) is 12.7 Å². The first-order valence-corrected chi connectivity index (χ1v) is 4.96. The minimum atomic E-state index is -0.582. The van der Waals surface area contributed by atoms with E-state index in [2.05, 4.69) is 0 Å². The summed E-state index contributed by atoms with van der Waals surface area (Å²) in [5.41, 5.74) is 3.12. The second-order valence-electron chi connectivity index (χ2n) is 3.67. The molecule has 1 aliphatic rings. The molecule has 1 aliphatic heterocycles. The van der Waals surface area contributed by atoms with Gasteiger partial charge in [0.2, 0.25) is 0 Å². The Bertz CT molecular complexity index is 451. The molecule has 1 heterocycles. The second kappa shape index (κ2) is 4.06. The van der Waals surface area contributed by atoms with Crippen molar-refractivity contribution in [2.75, 3.05) is 7.11 Å². The molecule has 0 N–H and O–H groups in total. The van der Waals surface area contributed by atoms with E-state index in [0.717, 1.165) is 23.0 Å². The van der Waals surface area contributed by atoms with Crippen LogP contribution in [0.15, 0.2) is 12.1 Å². The van der Waals surface area contributed by atoms with E-state index in [9.17, 15) is 9.59 Å². The molecule has 4 heteroatoms. The fourth-order valence-corrected chi connectivity index (χ4v) is 1.93. The van der Waals surface area contributed by atoms with Gasteiger partial charge >= 0.3 is 5.97 Å². The highest BCUT2D eigenvalue weighted by molar-refractivity contribution is 5.94. The number of carbonyl (C=O) groups excluding carboxylic acids is 2. The normalized spacial score (nSPS) is 15.5. The lowest BCUT2D eigenvalue weighted by Crippen LogP contribution is -2.07. The molecular weight excluding hydrogens is 208 g/mol. The fourth-order valence-electron chi connectivity index (χ4n) is 1.93. The molecule has 0 saturated heterocycles. The minimum Gasteiger partial charge on any atom is -0.457 e. The summed E-state index contributed by atoms with van der Waals surface area (Å²) in [5.74, 6) is -0.301. The summed E-state index contributed by atoms with van der Waals surface area (Å²) in [6.45, 7) is 2.15. The highest BCUT2D eigenvalue weighted by Crippen LogP contribution is 2.29. The van der Waals surface area contributed by atoms with Crippen molar-refractivity contribution in [1.82, 2.24) is 0 Å². The van der Waals surface area contributed by atoms with Gasteiger partial charge in [0.05, 0.1) is 5.56 Å². The lowest BCUT2D eigenvalue weighted by molar-refractivity contribution is -0.116. The third-order valence-corrected chi connectivity index (χ3v) is 2.89. The minimum absolute atomic E-state index is 0.281. The van der Waals surface area contributed by atoms with E-state index in [1.165, 1.54) is 7.11 Å². The standard InChI is InChI=1S/C12H12O4/c1-7-8(11(5-13)15-2)3-4-9-10(7)6-16-12(9)14/h3-5,11H,6H2,1-2H3/t11-/m0/s1. The van der Waals surface area contributed by atoms with E-state index >= 15 is 0 Å². The first-order valence-electron chi connectivity index (χ1n) is 4.96. The quantitative estimate of drug-likeness (QED) is 0.573. The van der Waals surface area contributed by atoms with Gasteiger partial charge in [-0.15, -0.1) is 0 Å². The first kappa shape index (κ1) is 10.8. The summed E-state index contributed by atoms with van der Waals surface area (Å²) in [6.07, 6.45) is 0.160. The average Bonchev–Trinajstić information content (AvgIpc) is 2.66. The molecule has 84 valence electrons. The van der Waals surface area contributed by atoms with Crippen LogP contribution in [0.4, 0.5) is 0 Å². The van der Waals surface area contributed by atoms with Crippen LogP contribution >= 0.6 is 0 Å². The van der Waals surface area contributed by atoms with Crippen LogP contribution in [-0.4, -0.2) is 19.4 Å². The zero-order valence-corrected chi connectivity index (χ0v) is 9.15. The molecule has 1 atom stereocenters. The van der Waals surface area contributed by atoms with Gasteiger partial charge < -0.3 is 14.3 Å². The van der Waals surface area contributed by atoms with Crippen LogP contribution in [0, 0.1) is 6.92 Å². The smallest absolute Gasteiger partial charge is 0.338 e. The molecule has 0 fully saturated rings. The van der Waals surface area contributed by atoms with Gasteiger partial charge in [0.1, 0.15) is 12.7 Å². The van der Waals surface area contributed by atoms with Crippen LogP contribution in [0.1, 0.15) is 33.2 Å². The molecule has 0 aromatic heterocycles. The van der Waals surface area contributed by atoms with Gasteiger partial charge in [-0.3, -0.25) is 0 Å². The molecular formula is C12H12O4. The van der Waals surface area contributed by atoms with Gasteiger partial charge in [0.15, 0.2) is 6.29 Å². The molecule has 1 aromatic carbocycles. The Balaban J connectivity index is 2.51. The molecule has 0 unspecified atom stereocenters.